The number of carbonyl (C=O) groups excluding carboxylic acids is 1. The molecule has 0 atom stereocenters. The zero-order chi connectivity index (χ0) is 18.7. The topological polar surface area (TPSA) is 62.8 Å². The van der Waals surface area contributed by atoms with Crippen molar-refractivity contribution in [1.29, 1.82) is 0 Å². The maximum atomic E-state index is 11.5. The fourth-order valence-electron chi connectivity index (χ4n) is 2.09. The largest absolute Gasteiger partial charge is 0.444 e. The van der Waals surface area contributed by atoms with Crippen molar-refractivity contribution in [2.45, 2.75) is 50.5 Å². The maximum Gasteiger partial charge on any atom is 0.407 e. The highest BCUT2D eigenvalue weighted by molar-refractivity contribution is 7.97. The smallest absolute Gasteiger partial charge is 0.407 e. The van der Waals surface area contributed by atoms with Gasteiger partial charge in [-0.3, -0.25) is 10.3 Å². The van der Waals surface area contributed by atoms with E-state index in [2.05, 4.69) is 28.2 Å². The summed E-state index contributed by atoms with van der Waals surface area (Å²) in [5.41, 5.74) is 3.41. The molecular weight excluding hydrogens is 338 g/mol. The zero-order valence-corrected chi connectivity index (χ0v) is 16.7. The second-order valence-electron chi connectivity index (χ2n) is 6.73. The lowest BCUT2D eigenvalue weighted by Gasteiger charge is -2.19. The first-order valence-electron chi connectivity index (χ1n) is 8.56. The van der Waals surface area contributed by atoms with Crippen LogP contribution in [0, 0.1) is 0 Å². The third-order valence-electron chi connectivity index (χ3n) is 3.17. The number of amides is 1. The summed E-state index contributed by atoms with van der Waals surface area (Å²) in [5, 5.41) is 2.79. The lowest BCUT2D eigenvalue weighted by Crippen LogP contribution is -2.33. The van der Waals surface area contributed by atoms with E-state index in [9.17, 15) is 4.79 Å². The first-order chi connectivity index (χ1) is 11.8. The molecule has 6 nitrogen and oxygen atoms in total. The summed E-state index contributed by atoms with van der Waals surface area (Å²) in [6.45, 7) is 7.20. The van der Waals surface area contributed by atoms with Crippen LogP contribution < -0.4 is 10.8 Å². The normalized spacial score (nSPS) is 11.4. The molecule has 0 saturated heterocycles. The number of hydrogen-bond acceptors (Lipinski definition) is 6. The number of rotatable bonds is 10. The van der Waals surface area contributed by atoms with Crippen LogP contribution >= 0.6 is 11.9 Å². The molecule has 7 heteroatoms. The van der Waals surface area contributed by atoms with Crippen LogP contribution in [0.3, 0.4) is 0 Å². The minimum Gasteiger partial charge on any atom is -0.444 e. The van der Waals surface area contributed by atoms with Gasteiger partial charge in [0.2, 0.25) is 0 Å². The first-order valence-corrected chi connectivity index (χ1v) is 9.33. The van der Waals surface area contributed by atoms with E-state index >= 15 is 0 Å². The number of nitrogens with zero attached hydrogens (tertiary/aromatic N) is 1. The van der Waals surface area contributed by atoms with Crippen LogP contribution in [0.2, 0.25) is 0 Å². The Morgan fingerprint density at radius 1 is 1.20 bits per heavy atom. The molecule has 25 heavy (non-hydrogen) atoms. The Labute approximate surface area is 155 Å². The fraction of sp³-hybridized carbons (Fsp3) is 0.611. The van der Waals surface area contributed by atoms with E-state index in [0.29, 0.717) is 6.54 Å². The maximum absolute atomic E-state index is 11.5. The number of carbonyl (C=O) groups is 1. The number of unbranched alkanes of at least 4 members (excludes halogenated alkanes) is 2. The first kappa shape index (κ1) is 21.6. The molecule has 1 amide bonds. The molecule has 142 valence electrons. The van der Waals surface area contributed by atoms with E-state index in [0.717, 1.165) is 36.4 Å². The third kappa shape index (κ3) is 10.2. The molecule has 0 saturated carbocycles. The fourth-order valence-corrected chi connectivity index (χ4v) is 3.00. The van der Waals surface area contributed by atoms with Crippen molar-refractivity contribution < 1.29 is 14.4 Å². The van der Waals surface area contributed by atoms with Gasteiger partial charge in [-0.1, -0.05) is 18.6 Å². The quantitative estimate of drug-likeness (QED) is 0.364. The molecule has 1 rings (SSSR count). The number of para-hydroxylation sites is 1. The van der Waals surface area contributed by atoms with Crippen LogP contribution in [0.4, 0.5) is 10.5 Å². The molecule has 0 aliphatic rings. The number of benzene rings is 1. The van der Waals surface area contributed by atoms with Crippen LogP contribution in [-0.4, -0.2) is 43.2 Å². The Balaban J connectivity index is 2.17. The SMILES string of the molecule is CONc1ccccc1SN(C)CCCCCNC(=O)OC(C)(C)C. The number of ether oxygens (including phenoxy) is 1. The highest BCUT2D eigenvalue weighted by Crippen LogP contribution is 2.29. The average molecular weight is 370 g/mol. The van der Waals surface area contributed by atoms with E-state index in [-0.39, 0.29) is 6.09 Å². The number of hydrogen-bond donors (Lipinski definition) is 2. The lowest BCUT2D eigenvalue weighted by atomic mass is 10.2. The number of nitrogens with one attached hydrogen (secondary N) is 2. The van der Waals surface area contributed by atoms with Gasteiger partial charge >= 0.3 is 6.09 Å². The van der Waals surface area contributed by atoms with Gasteiger partial charge in [-0.05, 0) is 64.7 Å². The van der Waals surface area contributed by atoms with Crippen molar-refractivity contribution in [1.82, 2.24) is 9.62 Å². The molecular formula is C18H31N3O3S. The van der Waals surface area contributed by atoms with E-state index in [1.165, 1.54) is 0 Å². The lowest BCUT2D eigenvalue weighted by molar-refractivity contribution is 0.0527. The minimum absolute atomic E-state index is 0.345. The number of alkyl carbamates (subject to hydrolysis) is 1. The molecule has 0 unspecified atom stereocenters. The Bertz CT molecular complexity index is 521. The van der Waals surface area contributed by atoms with Gasteiger partial charge in [0.1, 0.15) is 5.60 Å². The molecule has 1 aromatic carbocycles. The summed E-state index contributed by atoms with van der Waals surface area (Å²) in [6.07, 6.45) is 2.72. The Hall–Kier alpha value is -1.44. The van der Waals surface area contributed by atoms with Gasteiger partial charge in [0.05, 0.1) is 12.8 Å². The number of anilines is 1. The molecule has 0 radical (unpaired) electrons. The van der Waals surface area contributed by atoms with Crippen LogP contribution in [0.5, 0.6) is 0 Å². The van der Waals surface area contributed by atoms with E-state index in [1.807, 2.05) is 39.0 Å². The van der Waals surface area contributed by atoms with Crippen molar-refractivity contribution in [2.75, 3.05) is 32.7 Å². The van der Waals surface area contributed by atoms with Gasteiger partial charge < -0.3 is 10.1 Å². The van der Waals surface area contributed by atoms with Crippen LogP contribution in [0.15, 0.2) is 29.2 Å². The van der Waals surface area contributed by atoms with E-state index in [4.69, 9.17) is 9.57 Å². The molecule has 0 aliphatic carbocycles. The van der Waals surface area contributed by atoms with Crippen LogP contribution in [0.25, 0.3) is 0 Å². The van der Waals surface area contributed by atoms with Crippen molar-refractivity contribution in [3.63, 3.8) is 0 Å². The molecule has 0 heterocycles. The highest BCUT2D eigenvalue weighted by Gasteiger charge is 2.15. The highest BCUT2D eigenvalue weighted by atomic mass is 32.2. The molecule has 0 spiro atoms. The predicted octanol–water partition coefficient (Wildman–Crippen LogP) is 4.29. The van der Waals surface area contributed by atoms with Gasteiger partial charge in [-0.15, -0.1) is 0 Å². The molecule has 0 bridgehead atoms. The monoisotopic (exact) mass is 369 g/mol. The Morgan fingerprint density at radius 2 is 1.92 bits per heavy atom. The summed E-state index contributed by atoms with van der Waals surface area (Å²) in [4.78, 5) is 17.6. The van der Waals surface area contributed by atoms with Crippen LogP contribution in [0.1, 0.15) is 40.0 Å². The van der Waals surface area contributed by atoms with Crippen molar-refractivity contribution in [2.24, 2.45) is 0 Å². The molecule has 1 aromatic rings. The summed E-state index contributed by atoms with van der Waals surface area (Å²) >= 11 is 1.69. The second-order valence-corrected chi connectivity index (χ2v) is 7.98. The van der Waals surface area contributed by atoms with Crippen molar-refractivity contribution in [3.05, 3.63) is 24.3 Å². The second kappa shape index (κ2) is 11.2. The summed E-state index contributed by atoms with van der Waals surface area (Å²) in [6, 6.07) is 8.04. The third-order valence-corrected chi connectivity index (χ3v) is 4.22. The van der Waals surface area contributed by atoms with Crippen LogP contribution in [-0.2, 0) is 9.57 Å². The Kier molecular flexibility index (Phi) is 9.70. The van der Waals surface area contributed by atoms with Crippen molar-refractivity contribution >= 4 is 23.7 Å². The summed E-state index contributed by atoms with van der Waals surface area (Å²) in [5.74, 6) is 0. The minimum atomic E-state index is -0.446. The zero-order valence-electron chi connectivity index (χ0n) is 15.9. The van der Waals surface area contributed by atoms with E-state index in [1.54, 1.807) is 19.1 Å². The Morgan fingerprint density at radius 3 is 2.60 bits per heavy atom. The molecule has 0 aliphatic heterocycles. The summed E-state index contributed by atoms with van der Waals surface area (Å²) < 4.78 is 7.41. The average Bonchev–Trinajstić information content (AvgIpc) is 2.51. The van der Waals surface area contributed by atoms with Gasteiger partial charge in [-0.2, -0.15) is 0 Å². The molecule has 0 aromatic heterocycles. The standard InChI is InChI=1S/C18H31N3O3S/c1-18(2,3)24-17(22)19-13-9-6-10-14-21(4)25-16-12-8-7-11-15(16)20-23-5/h7-8,11-12,20H,6,9-10,13-14H2,1-5H3,(H,19,22). The van der Waals surface area contributed by atoms with Gasteiger partial charge in [0.15, 0.2) is 0 Å². The molecule has 0 fully saturated rings. The predicted molar refractivity (Wildman–Crippen MR) is 104 cm³/mol. The van der Waals surface area contributed by atoms with Gasteiger partial charge in [0.25, 0.3) is 0 Å². The van der Waals surface area contributed by atoms with Gasteiger partial charge in [-0.25, -0.2) is 9.10 Å². The van der Waals surface area contributed by atoms with Crippen molar-refractivity contribution in [3.8, 4) is 0 Å². The van der Waals surface area contributed by atoms with E-state index < -0.39 is 5.60 Å². The molecule has 2 N–H and O–H groups in total. The summed E-state index contributed by atoms with van der Waals surface area (Å²) in [7, 11) is 3.68. The van der Waals surface area contributed by atoms with Gasteiger partial charge in [0, 0.05) is 18.0 Å².